The lowest BCUT2D eigenvalue weighted by Crippen LogP contribution is -2.06. The fourth-order valence-corrected chi connectivity index (χ4v) is 2.80. The third-order valence-corrected chi connectivity index (χ3v) is 4.62. The van der Waals surface area contributed by atoms with E-state index in [-0.39, 0.29) is 0 Å². The molecule has 0 saturated heterocycles. The van der Waals surface area contributed by atoms with Crippen LogP contribution in [-0.4, -0.2) is 5.71 Å². The number of nitrogens with zero attached hydrogens (tertiary/aromatic N) is 1. The molecule has 2 rings (SSSR count). The molecule has 0 amide bonds. The summed E-state index contributed by atoms with van der Waals surface area (Å²) in [4.78, 5) is 4.88. The molecule has 0 aliphatic rings. The molecular formula is C22H28N2. The van der Waals surface area contributed by atoms with Gasteiger partial charge in [-0.3, -0.25) is 4.99 Å². The van der Waals surface area contributed by atoms with E-state index < -0.39 is 0 Å². The number of hydrogen-bond donors (Lipinski definition) is 1. The molecule has 2 nitrogen and oxygen atoms in total. The molecule has 1 N–H and O–H groups in total. The predicted molar refractivity (Wildman–Crippen MR) is 107 cm³/mol. The van der Waals surface area contributed by atoms with Crippen molar-refractivity contribution in [1.82, 2.24) is 0 Å². The Balaban J connectivity index is 2.36. The van der Waals surface area contributed by atoms with Crippen molar-refractivity contribution < 1.29 is 0 Å². The van der Waals surface area contributed by atoms with Gasteiger partial charge in [0, 0.05) is 17.1 Å². The molecule has 0 atom stereocenters. The molecule has 126 valence electrons. The number of allylic oxidation sites excluding steroid dienone is 2. The fourth-order valence-electron chi connectivity index (χ4n) is 2.80. The summed E-state index contributed by atoms with van der Waals surface area (Å²) in [5, 5.41) is 3.57. The van der Waals surface area contributed by atoms with E-state index in [1.165, 1.54) is 33.5 Å². The number of benzene rings is 2. The Morgan fingerprint density at radius 2 is 1.21 bits per heavy atom. The number of anilines is 1. The first-order valence-electron chi connectivity index (χ1n) is 8.44. The van der Waals surface area contributed by atoms with Gasteiger partial charge in [0.2, 0.25) is 0 Å². The van der Waals surface area contributed by atoms with Gasteiger partial charge >= 0.3 is 0 Å². The Hall–Kier alpha value is -2.35. The molecule has 0 spiro atoms. The van der Waals surface area contributed by atoms with Crippen molar-refractivity contribution in [2.45, 2.75) is 48.5 Å². The average molecular weight is 320 g/mol. The molecule has 0 heterocycles. The second-order valence-electron chi connectivity index (χ2n) is 6.58. The molecular weight excluding hydrogens is 292 g/mol. The minimum Gasteiger partial charge on any atom is -0.358 e. The van der Waals surface area contributed by atoms with Crippen LogP contribution >= 0.6 is 0 Å². The maximum atomic E-state index is 4.88. The molecule has 2 heteroatoms. The molecule has 0 bridgehead atoms. The Bertz CT molecular complexity index is 770. The van der Waals surface area contributed by atoms with Gasteiger partial charge in [-0.1, -0.05) is 36.4 Å². The van der Waals surface area contributed by atoms with Crippen molar-refractivity contribution in [2.75, 3.05) is 5.32 Å². The normalized spacial score (nSPS) is 12.9. The molecule has 0 saturated carbocycles. The summed E-state index contributed by atoms with van der Waals surface area (Å²) in [5.74, 6) is 0. The second-order valence-corrected chi connectivity index (χ2v) is 6.58. The Labute approximate surface area is 146 Å². The maximum Gasteiger partial charge on any atom is 0.0691 e. The molecule has 0 aliphatic carbocycles. The third-order valence-electron chi connectivity index (χ3n) is 4.62. The molecule has 0 radical (unpaired) electrons. The lowest BCUT2D eigenvalue weighted by molar-refractivity contribution is 1.25. The number of rotatable bonds is 4. The minimum absolute atomic E-state index is 1.05. The van der Waals surface area contributed by atoms with Crippen LogP contribution < -0.4 is 5.32 Å². The smallest absolute Gasteiger partial charge is 0.0691 e. The van der Waals surface area contributed by atoms with E-state index in [2.05, 4.69) is 90.2 Å². The van der Waals surface area contributed by atoms with Crippen LogP contribution in [0.1, 0.15) is 43.0 Å². The number of nitrogens with one attached hydrogen (secondary N) is 1. The summed E-state index contributed by atoms with van der Waals surface area (Å²) in [6.45, 7) is 14.8. The molecule has 0 fully saturated rings. The van der Waals surface area contributed by atoms with Crippen LogP contribution in [0.3, 0.4) is 0 Å². The SMILES string of the molecule is CC(=Nc1c(C)cccc1C)/C(C)=C(\C)Nc1c(C)cccc1C. The van der Waals surface area contributed by atoms with E-state index in [4.69, 9.17) is 4.99 Å². The van der Waals surface area contributed by atoms with Gasteiger partial charge in [0.1, 0.15) is 0 Å². The van der Waals surface area contributed by atoms with Crippen molar-refractivity contribution in [3.63, 3.8) is 0 Å². The molecule has 2 aromatic carbocycles. The van der Waals surface area contributed by atoms with Crippen LogP contribution in [0.2, 0.25) is 0 Å². The Kier molecular flexibility index (Phi) is 5.61. The van der Waals surface area contributed by atoms with Crippen molar-refractivity contribution in [3.05, 3.63) is 69.9 Å². The highest BCUT2D eigenvalue weighted by molar-refractivity contribution is 6.00. The van der Waals surface area contributed by atoms with E-state index in [0.717, 1.165) is 17.1 Å². The highest BCUT2D eigenvalue weighted by Gasteiger charge is 2.07. The van der Waals surface area contributed by atoms with Gasteiger partial charge in [0.25, 0.3) is 0 Å². The molecule has 24 heavy (non-hydrogen) atoms. The highest BCUT2D eigenvalue weighted by Crippen LogP contribution is 2.26. The fraction of sp³-hybridized carbons (Fsp3) is 0.318. The summed E-state index contributed by atoms with van der Waals surface area (Å²) in [6, 6.07) is 12.7. The summed E-state index contributed by atoms with van der Waals surface area (Å²) in [7, 11) is 0. The number of hydrogen-bond acceptors (Lipinski definition) is 2. The molecule has 0 unspecified atom stereocenters. The van der Waals surface area contributed by atoms with Crippen molar-refractivity contribution >= 4 is 17.1 Å². The van der Waals surface area contributed by atoms with Crippen LogP contribution in [0.15, 0.2) is 52.7 Å². The van der Waals surface area contributed by atoms with Crippen LogP contribution in [-0.2, 0) is 0 Å². The first-order chi connectivity index (χ1) is 11.3. The van der Waals surface area contributed by atoms with Gasteiger partial charge < -0.3 is 5.32 Å². The van der Waals surface area contributed by atoms with E-state index in [9.17, 15) is 0 Å². The van der Waals surface area contributed by atoms with Crippen molar-refractivity contribution in [2.24, 2.45) is 4.99 Å². The number of aryl methyl sites for hydroxylation is 4. The summed E-state index contributed by atoms with van der Waals surface area (Å²) >= 11 is 0. The van der Waals surface area contributed by atoms with Crippen LogP contribution in [0.5, 0.6) is 0 Å². The monoisotopic (exact) mass is 320 g/mol. The lowest BCUT2D eigenvalue weighted by atomic mass is 10.1. The van der Waals surface area contributed by atoms with Gasteiger partial charge in [-0.05, 0) is 76.3 Å². The zero-order valence-electron chi connectivity index (χ0n) is 15.9. The second kappa shape index (κ2) is 7.48. The van der Waals surface area contributed by atoms with Crippen molar-refractivity contribution in [3.8, 4) is 0 Å². The number of para-hydroxylation sites is 2. The topological polar surface area (TPSA) is 24.4 Å². The first kappa shape index (κ1) is 18.0. The van der Waals surface area contributed by atoms with E-state index in [1.807, 2.05) is 0 Å². The zero-order valence-corrected chi connectivity index (χ0v) is 15.9. The highest BCUT2D eigenvalue weighted by atomic mass is 14.9. The van der Waals surface area contributed by atoms with Gasteiger partial charge in [-0.2, -0.15) is 0 Å². The van der Waals surface area contributed by atoms with Gasteiger partial charge in [0.15, 0.2) is 0 Å². The zero-order chi connectivity index (χ0) is 17.9. The number of aliphatic imine (C=N–C) groups is 1. The third kappa shape index (κ3) is 3.94. The quantitative estimate of drug-likeness (QED) is 0.646. The van der Waals surface area contributed by atoms with Gasteiger partial charge in [0.05, 0.1) is 5.69 Å². The molecule has 2 aromatic rings. The summed E-state index contributed by atoms with van der Waals surface area (Å²) in [5.41, 5.74) is 10.6. The summed E-state index contributed by atoms with van der Waals surface area (Å²) in [6.07, 6.45) is 0. The van der Waals surface area contributed by atoms with Crippen LogP contribution in [0.4, 0.5) is 11.4 Å². The van der Waals surface area contributed by atoms with Crippen LogP contribution in [0, 0.1) is 27.7 Å². The van der Waals surface area contributed by atoms with Gasteiger partial charge in [-0.15, -0.1) is 0 Å². The maximum absolute atomic E-state index is 4.88. The standard InChI is InChI=1S/C22H28N2/c1-14-10-8-11-15(2)21(14)23-19(6)18(5)20(7)24-22-16(3)12-9-13-17(22)4/h8-13,23H,1-7H3/b19-18+,24-20?. The lowest BCUT2D eigenvalue weighted by Gasteiger charge is -2.16. The van der Waals surface area contributed by atoms with E-state index >= 15 is 0 Å². The average Bonchev–Trinajstić information content (AvgIpc) is 2.53. The molecule has 0 aliphatic heterocycles. The molecule has 0 aromatic heterocycles. The van der Waals surface area contributed by atoms with Crippen LogP contribution in [0.25, 0.3) is 0 Å². The predicted octanol–water partition coefficient (Wildman–Crippen LogP) is 6.42. The largest absolute Gasteiger partial charge is 0.358 e. The Morgan fingerprint density at radius 3 is 1.71 bits per heavy atom. The summed E-state index contributed by atoms with van der Waals surface area (Å²) < 4.78 is 0. The van der Waals surface area contributed by atoms with Gasteiger partial charge in [-0.25, -0.2) is 0 Å². The van der Waals surface area contributed by atoms with E-state index in [0.29, 0.717) is 0 Å². The van der Waals surface area contributed by atoms with Crippen molar-refractivity contribution in [1.29, 1.82) is 0 Å². The first-order valence-corrected chi connectivity index (χ1v) is 8.44. The minimum atomic E-state index is 1.05. The Morgan fingerprint density at radius 1 is 0.750 bits per heavy atom. The van der Waals surface area contributed by atoms with E-state index in [1.54, 1.807) is 0 Å².